The topological polar surface area (TPSA) is 50.4 Å². The average molecular weight is 325 g/mol. The number of benzene rings is 1. The maximum atomic E-state index is 12.2. The molecule has 1 fully saturated rings. The zero-order valence-electron chi connectivity index (χ0n) is 13.5. The van der Waals surface area contributed by atoms with E-state index < -0.39 is 6.10 Å². The number of aryl methyl sites for hydroxylation is 1. The number of nitrogens with one attached hydrogen (secondary N) is 2. The lowest BCUT2D eigenvalue weighted by atomic mass is 9.81. The monoisotopic (exact) mass is 324 g/mol. The molecule has 0 radical (unpaired) electrons. The highest BCUT2D eigenvalue weighted by Gasteiger charge is 2.28. The van der Waals surface area contributed by atoms with Crippen molar-refractivity contribution >= 4 is 17.5 Å². The van der Waals surface area contributed by atoms with Gasteiger partial charge in [0.05, 0.1) is 5.02 Å². The lowest BCUT2D eigenvalue weighted by Gasteiger charge is -2.34. The fourth-order valence-corrected chi connectivity index (χ4v) is 2.76. The van der Waals surface area contributed by atoms with E-state index in [2.05, 4.69) is 17.6 Å². The van der Waals surface area contributed by atoms with Crippen LogP contribution in [0.15, 0.2) is 18.2 Å². The van der Waals surface area contributed by atoms with Crippen LogP contribution in [-0.4, -0.2) is 31.6 Å². The number of hydrogen-bond donors (Lipinski definition) is 2. The first-order chi connectivity index (χ1) is 10.4. The molecule has 0 saturated carbocycles. The molecule has 2 N–H and O–H groups in total. The molecule has 1 amide bonds. The molecule has 1 aliphatic rings. The normalized spacial score (nSPS) is 18.5. The largest absolute Gasteiger partial charge is 0.479 e. The van der Waals surface area contributed by atoms with Crippen molar-refractivity contribution in [1.82, 2.24) is 10.6 Å². The predicted molar refractivity (Wildman–Crippen MR) is 89.5 cm³/mol. The molecule has 1 unspecified atom stereocenters. The minimum Gasteiger partial charge on any atom is -0.479 e. The Morgan fingerprint density at radius 2 is 2.14 bits per heavy atom. The van der Waals surface area contributed by atoms with Crippen molar-refractivity contribution in [2.75, 3.05) is 19.6 Å². The number of hydrogen-bond acceptors (Lipinski definition) is 3. The van der Waals surface area contributed by atoms with Crippen LogP contribution in [0.4, 0.5) is 0 Å². The molecule has 5 heteroatoms. The van der Waals surface area contributed by atoms with Crippen molar-refractivity contribution in [3.8, 4) is 5.75 Å². The summed E-state index contributed by atoms with van der Waals surface area (Å²) in [5.74, 6) is 0.453. The van der Waals surface area contributed by atoms with E-state index in [0.29, 0.717) is 17.3 Å². The summed E-state index contributed by atoms with van der Waals surface area (Å²) in [6.45, 7) is 8.64. The van der Waals surface area contributed by atoms with Gasteiger partial charge in [-0.2, -0.15) is 0 Å². The van der Waals surface area contributed by atoms with E-state index in [1.165, 1.54) is 0 Å². The quantitative estimate of drug-likeness (QED) is 0.875. The molecule has 0 bridgehead atoms. The van der Waals surface area contributed by atoms with E-state index in [0.717, 1.165) is 31.5 Å². The minimum atomic E-state index is -0.565. The maximum Gasteiger partial charge on any atom is 0.260 e. The van der Waals surface area contributed by atoms with E-state index >= 15 is 0 Å². The Hall–Kier alpha value is -1.26. The van der Waals surface area contributed by atoms with Gasteiger partial charge in [0.2, 0.25) is 0 Å². The van der Waals surface area contributed by atoms with Crippen LogP contribution < -0.4 is 15.4 Å². The molecule has 0 aromatic heterocycles. The van der Waals surface area contributed by atoms with Gasteiger partial charge in [0.1, 0.15) is 5.75 Å². The van der Waals surface area contributed by atoms with Crippen LogP contribution in [0, 0.1) is 12.3 Å². The van der Waals surface area contributed by atoms with Gasteiger partial charge in [0, 0.05) is 6.54 Å². The highest BCUT2D eigenvalue weighted by molar-refractivity contribution is 6.32. The van der Waals surface area contributed by atoms with Crippen molar-refractivity contribution in [2.24, 2.45) is 5.41 Å². The molecule has 122 valence electrons. The standard InChI is InChI=1S/C17H25ClN2O2/c1-12-4-5-14(18)15(10-12)22-13(2)16(21)20-11-17(3)6-8-19-9-7-17/h4-5,10,13,19H,6-9,11H2,1-3H3,(H,20,21). The van der Waals surface area contributed by atoms with Crippen molar-refractivity contribution in [1.29, 1.82) is 0 Å². The van der Waals surface area contributed by atoms with E-state index in [1.807, 2.05) is 19.1 Å². The van der Waals surface area contributed by atoms with Crippen molar-refractivity contribution in [2.45, 2.75) is 39.7 Å². The van der Waals surface area contributed by atoms with Crippen molar-refractivity contribution < 1.29 is 9.53 Å². The maximum absolute atomic E-state index is 12.2. The summed E-state index contributed by atoms with van der Waals surface area (Å²) in [6.07, 6.45) is 1.59. The second-order valence-corrected chi connectivity index (χ2v) is 6.88. The highest BCUT2D eigenvalue weighted by atomic mass is 35.5. The van der Waals surface area contributed by atoms with Gasteiger partial charge in [0.25, 0.3) is 5.91 Å². The summed E-state index contributed by atoms with van der Waals surface area (Å²) < 4.78 is 5.70. The number of halogens is 1. The van der Waals surface area contributed by atoms with Gasteiger partial charge < -0.3 is 15.4 Å². The molecule has 1 aliphatic heterocycles. The third kappa shape index (κ3) is 4.62. The van der Waals surface area contributed by atoms with E-state index in [9.17, 15) is 4.79 Å². The fourth-order valence-electron chi connectivity index (χ4n) is 2.60. The molecule has 1 saturated heterocycles. The molecular formula is C17H25ClN2O2. The van der Waals surface area contributed by atoms with Crippen molar-refractivity contribution in [3.63, 3.8) is 0 Å². The molecule has 1 atom stereocenters. The molecule has 22 heavy (non-hydrogen) atoms. The zero-order valence-corrected chi connectivity index (χ0v) is 14.3. The number of amides is 1. The molecule has 1 aromatic carbocycles. The summed E-state index contributed by atoms with van der Waals surface area (Å²) in [4.78, 5) is 12.2. The molecule has 0 aliphatic carbocycles. The second kappa shape index (κ2) is 7.34. The van der Waals surface area contributed by atoms with Gasteiger partial charge in [-0.25, -0.2) is 0 Å². The van der Waals surface area contributed by atoms with Gasteiger partial charge in [0.15, 0.2) is 6.10 Å². The number of carbonyl (C=O) groups excluding carboxylic acids is 1. The van der Waals surface area contributed by atoms with Gasteiger partial charge in [-0.15, -0.1) is 0 Å². The van der Waals surface area contributed by atoms with Crippen LogP contribution in [0.2, 0.25) is 5.02 Å². The Kier molecular flexibility index (Phi) is 5.70. The van der Waals surface area contributed by atoms with Crippen LogP contribution in [0.1, 0.15) is 32.3 Å². The summed E-state index contributed by atoms with van der Waals surface area (Å²) in [7, 11) is 0. The van der Waals surface area contributed by atoms with Gasteiger partial charge >= 0.3 is 0 Å². The Morgan fingerprint density at radius 3 is 2.82 bits per heavy atom. The highest BCUT2D eigenvalue weighted by Crippen LogP contribution is 2.28. The van der Waals surface area contributed by atoms with Gasteiger partial charge in [-0.3, -0.25) is 4.79 Å². The van der Waals surface area contributed by atoms with Gasteiger partial charge in [-0.1, -0.05) is 24.6 Å². The van der Waals surface area contributed by atoms with E-state index in [-0.39, 0.29) is 11.3 Å². The van der Waals surface area contributed by atoms with Gasteiger partial charge in [-0.05, 0) is 62.9 Å². The number of ether oxygens (including phenoxy) is 1. The van der Waals surface area contributed by atoms with E-state index in [4.69, 9.17) is 16.3 Å². The third-order valence-electron chi connectivity index (χ3n) is 4.26. The molecule has 1 aromatic rings. The molecule has 2 rings (SSSR count). The minimum absolute atomic E-state index is 0.0997. The van der Waals surface area contributed by atoms with E-state index in [1.54, 1.807) is 13.0 Å². The summed E-state index contributed by atoms with van der Waals surface area (Å²) >= 11 is 6.10. The summed E-state index contributed by atoms with van der Waals surface area (Å²) in [6, 6.07) is 5.55. The van der Waals surface area contributed by atoms with Crippen molar-refractivity contribution in [3.05, 3.63) is 28.8 Å². The predicted octanol–water partition coefficient (Wildman–Crippen LogP) is 2.92. The number of piperidine rings is 1. The fraction of sp³-hybridized carbons (Fsp3) is 0.588. The molecule has 0 spiro atoms. The zero-order chi connectivity index (χ0) is 16.2. The average Bonchev–Trinajstić information content (AvgIpc) is 2.49. The van der Waals surface area contributed by atoms with Crippen LogP contribution in [-0.2, 0) is 4.79 Å². The lowest BCUT2D eigenvalue weighted by molar-refractivity contribution is -0.127. The number of rotatable bonds is 5. The molecule has 1 heterocycles. The Morgan fingerprint density at radius 1 is 1.45 bits per heavy atom. The van der Waals surface area contributed by atoms with Crippen LogP contribution >= 0.6 is 11.6 Å². The summed E-state index contributed by atoms with van der Waals surface area (Å²) in [5.41, 5.74) is 1.22. The third-order valence-corrected chi connectivity index (χ3v) is 4.57. The first-order valence-electron chi connectivity index (χ1n) is 7.81. The SMILES string of the molecule is Cc1ccc(Cl)c(OC(C)C(=O)NCC2(C)CCNCC2)c1. The van der Waals surface area contributed by atoms with Crippen LogP contribution in [0.5, 0.6) is 5.75 Å². The van der Waals surface area contributed by atoms with Crippen LogP contribution in [0.25, 0.3) is 0 Å². The Bertz CT molecular complexity index is 527. The smallest absolute Gasteiger partial charge is 0.260 e. The lowest BCUT2D eigenvalue weighted by Crippen LogP contribution is -2.45. The summed E-state index contributed by atoms with van der Waals surface area (Å²) in [5, 5.41) is 6.88. The molecular weight excluding hydrogens is 300 g/mol. The first-order valence-corrected chi connectivity index (χ1v) is 8.19. The Balaban J connectivity index is 1.88. The number of carbonyl (C=O) groups is 1. The Labute approximate surface area is 137 Å². The first kappa shape index (κ1) is 17.1. The second-order valence-electron chi connectivity index (χ2n) is 6.47. The molecule has 4 nitrogen and oxygen atoms in total. The van der Waals surface area contributed by atoms with Crippen LogP contribution in [0.3, 0.4) is 0 Å².